The topological polar surface area (TPSA) is 0 Å². The van der Waals surface area contributed by atoms with Gasteiger partial charge in [0.05, 0.1) is 0 Å². The Bertz CT molecular complexity index is 51.3. The fourth-order valence-corrected chi connectivity index (χ4v) is 6.58. The molecule has 0 saturated heterocycles. The van der Waals surface area contributed by atoms with Crippen molar-refractivity contribution >= 4 is 28.3 Å². The minimum absolute atomic E-state index is 1.31. The second-order valence-electron chi connectivity index (χ2n) is 2.21. The van der Waals surface area contributed by atoms with Crippen molar-refractivity contribution in [3.8, 4) is 0 Å². The molecule has 2 heteroatoms. The Morgan fingerprint density at radius 2 is 1.25 bits per heavy atom. The van der Waals surface area contributed by atoms with Gasteiger partial charge in [0, 0.05) is 0 Å². The summed E-state index contributed by atoms with van der Waals surface area (Å²) in [5, 5.41) is 0. The molecule has 0 fully saturated rings. The second kappa shape index (κ2) is 4.10. The summed E-state index contributed by atoms with van der Waals surface area (Å²) in [6.45, 7) is 6.71. The minimum atomic E-state index is -1.98. The van der Waals surface area contributed by atoms with Crippen LogP contribution in [0.2, 0.25) is 11.9 Å². The first-order chi connectivity index (χ1) is 3.68. The van der Waals surface area contributed by atoms with Gasteiger partial charge in [-0.25, -0.2) is 0 Å². The first-order valence-electron chi connectivity index (χ1n) is 3.37. The molecule has 0 N–H and O–H groups in total. The van der Waals surface area contributed by atoms with Crippen LogP contribution in [0.1, 0.15) is 20.8 Å². The van der Waals surface area contributed by atoms with Gasteiger partial charge >= 0.3 is 61.0 Å². The molecule has 0 aromatic rings. The molecule has 0 saturated carbocycles. The predicted octanol–water partition coefficient (Wildman–Crippen LogP) is 3.23. The molecular weight excluding hydrogens is 315 g/mol. The average Bonchev–Trinajstić information content (AvgIpc) is 1.87. The van der Waals surface area contributed by atoms with E-state index in [0.29, 0.717) is 0 Å². The number of rotatable bonds is 3. The van der Waals surface area contributed by atoms with Crippen LogP contribution in [0.5, 0.6) is 0 Å². The van der Waals surface area contributed by atoms with Gasteiger partial charge in [-0.1, -0.05) is 0 Å². The van der Waals surface area contributed by atoms with Crippen LogP contribution < -0.4 is 0 Å². The van der Waals surface area contributed by atoms with E-state index in [1.165, 1.54) is 11.9 Å². The van der Waals surface area contributed by atoms with E-state index < -0.39 is 19.9 Å². The fraction of sp³-hybridized carbons (Fsp3) is 1.00. The number of halogens is 1. The summed E-state index contributed by atoms with van der Waals surface area (Å²) < 4.78 is 3.92. The van der Waals surface area contributed by atoms with Gasteiger partial charge in [0.1, 0.15) is 0 Å². The van der Waals surface area contributed by atoms with E-state index in [9.17, 15) is 0 Å². The van der Waals surface area contributed by atoms with Crippen LogP contribution in [0.15, 0.2) is 0 Å². The summed E-state index contributed by atoms with van der Waals surface area (Å²) in [4.78, 5) is 0. The van der Waals surface area contributed by atoms with Crippen molar-refractivity contribution in [2.45, 2.75) is 32.7 Å². The third kappa shape index (κ3) is 2.67. The predicted molar refractivity (Wildman–Crippen MR) is 43.1 cm³/mol. The molecule has 0 aliphatic rings. The molecule has 0 radical (unpaired) electrons. The van der Waals surface area contributed by atoms with Gasteiger partial charge in [-0.3, -0.25) is 0 Å². The first-order valence-corrected chi connectivity index (χ1v) is 16.4. The Morgan fingerprint density at radius 3 is 1.25 bits per heavy atom. The zero-order chi connectivity index (χ0) is 6.62. The van der Waals surface area contributed by atoms with Crippen molar-refractivity contribution in [1.82, 2.24) is 0 Å². The van der Waals surface area contributed by atoms with E-state index in [1.807, 2.05) is 0 Å². The normalized spacial score (nSPS) is 12.0. The molecule has 0 amide bonds. The Kier molecular flexibility index (Phi) is 4.72. The summed E-state index contributed by atoms with van der Waals surface area (Å²) in [5.74, 6) is 0. The van der Waals surface area contributed by atoms with Crippen molar-refractivity contribution in [3.05, 3.63) is 0 Å². The average molecular weight is 330 g/mol. The molecule has 0 aliphatic carbocycles. The molecule has 0 atom stereocenters. The van der Waals surface area contributed by atoms with Gasteiger partial charge in [-0.15, -0.1) is 0 Å². The van der Waals surface area contributed by atoms with Crippen LogP contribution in [0.25, 0.3) is 0 Å². The van der Waals surface area contributed by atoms with Gasteiger partial charge in [0.25, 0.3) is 0 Å². The van der Waals surface area contributed by atoms with Crippen molar-refractivity contribution < 1.29 is 0 Å². The molecule has 0 spiro atoms. The van der Waals surface area contributed by atoms with Crippen molar-refractivity contribution in [2.24, 2.45) is 0 Å². The Hall–Kier alpha value is 1.21. The van der Waals surface area contributed by atoms with Crippen molar-refractivity contribution in [2.75, 3.05) is 0 Å². The van der Waals surface area contributed by atoms with E-state index in [0.717, 1.165) is 0 Å². The molecule has 8 heavy (non-hydrogen) atoms. The second-order valence-corrected chi connectivity index (χ2v) is 26.4. The molecule has 0 unspecified atom stereocenters. The summed E-state index contributed by atoms with van der Waals surface area (Å²) in [7, 11) is 6.31. The molecule has 0 aromatic carbocycles. The standard InChI is InChI=1S/3C2H5.ClH.Pb/c3*1-2;;/h3*1H2,2H3;1H;/q;;;;+1/p-1. The van der Waals surface area contributed by atoms with Gasteiger partial charge < -0.3 is 0 Å². The number of hydrogen-bond donors (Lipinski definition) is 0. The number of hydrogen-bond acceptors (Lipinski definition) is 0. The summed E-state index contributed by atoms with van der Waals surface area (Å²) in [6.07, 6.45) is 0. The Labute approximate surface area is 60.7 Å². The van der Waals surface area contributed by atoms with Crippen LogP contribution in [-0.4, -0.2) is 19.9 Å². The molecule has 0 bridgehead atoms. The van der Waals surface area contributed by atoms with Crippen molar-refractivity contribution in [1.29, 1.82) is 0 Å². The first kappa shape index (κ1) is 9.21. The monoisotopic (exact) mass is 330 g/mol. The van der Waals surface area contributed by atoms with E-state index in [1.54, 1.807) is 0 Å². The maximum absolute atomic E-state index is 6.31. The van der Waals surface area contributed by atoms with Gasteiger partial charge in [0.2, 0.25) is 0 Å². The van der Waals surface area contributed by atoms with Crippen LogP contribution >= 0.6 is 8.32 Å². The van der Waals surface area contributed by atoms with E-state index >= 15 is 0 Å². The molecule has 0 nitrogen and oxygen atoms in total. The molecular formula is C6H15ClPb. The molecule has 0 aromatic heterocycles. The van der Waals surface area contributed by atoms with Crippen molar-refractivity contribution in [3.63, 3.8) is 0 Å². The van der Waals surface area contributed by atoms with Gasteiger partial charge in [0.15, 0.2) is 0 Å². The Morgan fingerprint density at radius 1 is 1.00 bits per heavy atom. The molecule has 0 heterocycles. The molecule has 50 valence electrons. The van der Waals surface area contributed by atoms with Crippen LogP contribution in [-0.2, 0) is 0 Å². The van der Waals surface area contributed by atoms with Crippen LogP contribution in [0.4, 0.5) is 0 Å². The van der Waals surface area contributed by atoms with E-state index in [4.69, 9.17) is 8.32 Å². The van der Waals surface area contributed by atoms with E-state index in [2.05, 4.69) is 20.8 Å². The molecule has 0 aliphatic heterocycles. The van der Waals surface area contributed by atoms with E-state index in [-0.39, 0.29) is 0 Å². The zero-order valence-electron chi connectivity index (χ0n) is 6.00. The van der Waals surface area contributed by atoms with Gasteiger partial charge in [-0.2, -0.15) is 0 Å². The van der Waals surface area contributed by atoms with Gasteiger partial charge in [-0.05, 0) is 0 Å². The summed E-state index contributed by atoms with van der Waals surface area (Å²) in [6, 6.07) is 0. The SMILES string of the molecule is C[CH2][Pb]([Cl])([CH2]C)[CH2]C. The third-order valence-corrected chi connectivity index (χ3v) is 23.7. The summed E-state index contributed by atoms with van der Waals surface area (Å²) in [5.41, 5.74) is 0. The quantitative estimate of drug-likeness (QED) is 0.697. The summed E-state index contributed by atoms with van der Waals surface area (Å²) >= 11 is -1.98. The maximum atomic E-state index is 6.31. The fourth-order valence-electron chi connectivity index (χ4n) is 0.750. The third-order valence-electron chi connectivity index (χ3n) is 1.90. The Balaban J connectivity index is 3.58. The zero-order valence-corrected chi connectivity index (χ0v) is 10.6. The van der Waals surface area contributed by atoms with Crippen LogP contribution in [0.3, 0.4) is 0 Å². The molecule has 0 rings (SSSR count). The van der Waals surface area contributed by atoms with Crippen LogP contribution in [0, 0.1) is 0 Å².